The Hall–Kier alpha value is -1.95. The van der Waals surface area contributed by atoms with Crippen molar-refractivity contribution in [2.24, 2.45) is 5.73 Å². The van der Waals surface area contributed by atoms with Crippen molar-refractivity contribution in [1.29, 1.82) is 0 Å². The molecule has 2 aromatic rings. The smallest absolute Gasteiger partial charge is 0.165 e. The van der Waals surface area contributed by atoms with Crippen LogP contribution in [0.25, 0.3) is 0 Å². The minimum atomic E-state index is 0.254. The zero-order valence-corrected chi connectivity index (χ0v) is 11.7. The number of benzene rings is 1. The molecule has 0 aliphatic heterocycles. The Kier molecular flexibility index (Phi) is 4.11. The van der Waals surface area contributed by atoms with Gasteiger partial charge >= 0.3 is 0 Å². The van der Waals surface area contributed by atoms with E-state index >= 15 is 0 Å². The lowest BCUT2D eigenvalue weighted by Gasteiger charge is -2.11. The van der Waals surface area contributed by atoms with E-state index in [0.717, 1.165) is 11.4 Å². The third-order valence-electron chi connectivity index (χ3n) is 2.62. The van der Waals surface area contributed by atoms with Crippen molar-refractivity contribution in [3.05, 3.63) is 42.0 Å². The Bertz CT molecular complexity index is 580. The van der Waals surface area contributed by atoms with Gasteiger partial charge in [-0.1, -0.05) is 24.4 Å². The molecule has 100 valence electrons. The second-order valence-electron chi connectivity index (χ2n) is 4.40. The van der Waals surface area contributed by atoms with Gasteiger partial charge < -0.3 is 10.5 Å². The molecule has 2 rings (SSSR count). The average Bonchev–Trinajstić information content (AvgIpc) is 2.85. The SMILES string of the molecule is CC(C)n1ncnc1COc1cccc(C(N)=S)c1. The summed E-state index contributed by atoms with van der Waals surface area (Å²) in [6.07, 6.45) is 1.53. The first-order valence-electron chi connectivity index (χ1n) is 5.99. The van der Waals surface area contributed by atoms with Crippen LogP contribution in [-0.2, 0) is 6.61 Å². The van der Waals surface area contributed by atoms with Gasteiger partial charge in [0.25, 0.3) is 0 Å². The fraction of sp³-hybridized carbons (Fsp3) is 0.308. The van der Waals surface area contributed by atoms with E-state index in [1.165, 1.54) is 6.33 Å². The van der Waals surface area contributed by atoms with Crippen LogP contribution < -0.4 is 10.5 Å². The van der Waals surface area contributed by atoms with Crippen molar-refractivity contribution in [3.8, 4) is 5.75 Å². The third-order valence-corrected chi connectivity index (χ3v) is 2.86. The molecule has 0 unspecified atom stereocenters. The van der Waals surface area contributed by atoms with E-state index in [4.69, 9.17) is 22.7 Å². The van der Waals surface area contributed by atoms with Crippen molar-refractivity contribution in [1.82, 2.24) is 14.8 Å². The summed E-state index contributed by atoms with van der Waals surface area (Å²) in [4.78, 5) is 4.54. The highest BCUT2D eigenvalue weighted by Crippen LogP contribution is 2.15. The molecule has 5 nitrogen and oxygen atoms in total. The van der Waals surface area contributed by atoms with E-state index < -0.39 is 0 Å². The largest absolute Gasteiger partial charge is 0.486 e. The second-order valence-corrected chi connectivity index (χ2v) is 4.84. The van der Waals surface area contributed by atoms with Crippen LogP contribution in [0.2, 0.25) is 0 Å². The van der Waals surface area contributed by atoms with Crippen LogP contribution in [0, 0.1) is 0 Å². The Balaban J connectivity index is 2.08. The molecule has 0 saturated carbocycles. The van der Waals surface area contributed by atoms with Crippen molar-refractivity contribution >= 4 is 17.2 Å². The summed E-state index contributed by atoms with van der Waals surface area (Å²) in [6, 6.07) is 7.64. The Labute approximate surface area is 117 Å². The lowest BCUT2D eigenvalue weighted by Crippen LogP contribution is -2.11. The Morgan fingerprint density at radius 1 is 1.47 bits per heavy atom. The van der Waals surface area contributed by atoms with Gasteiger partial charge in [0, 0.05) is 11.6 Å². The molecule has 0 aliphatic rings. The number of ether oxygens (including phenoxy) is 1. The number of rotatable bonds is 5. The van der Waals surface area contributed by atoms with Crippen LogP contribution in [0.4, 0.5) is 0 Å². The zero-order valence-electron chi connectivity index (χ0n) is 10.9. The van der Waals surface area contributed by atoms with Crippen molar-refractivity contribution in [2.75, 3.05) is 0 Å². The minimum Gasteiger partial charge on any atom is -0.486 e. The maximum atomic E-state index is 5.69. The molecule has 0 aliphatic carbocycles. The van der Waals surface area contributed by atoms with E-state index in [9.17, 15) is 0 Å². The molecule has 0 saturated heterocycles. The maximum Gasteiger partial charge on any atom is 0.165 e. The molecule has 19 heavy (non-hydrogen) atoms. The van der Waals surface area contributed by atoms with Gasteiger partial charge in [-0.15, -0.1) is 0 Å². The first-order valence-corrected chi connectivity index (χ1v) is 6.40. The third kappa shape index (κ3) is 3.29. The summed E-state index contributed by atoms with van der Waals surface area (Å²) in [7, 11) is 0. The van der Waals surface area contributed by atoms with E-state index in [2.05, 4.69) is 10.1 Å². The van der Waals surface area contributed by atoms with Crippen molar-refractivity contribution < 1.29 is 4.74 Å². The highest BCUT2D eigenvalue weighted by atomic mass is 32.1. The Morgan fingerprint density at radius 3 is 2.95 bits per heavy atom. The summed E-state index contributed by atoms with van der Waals surface area (Å²) in [5, 5.41) is 4.16. The first kappa shape index (κ1) is 13.5. The van der Waals surface area contributed by atoms with Crippen LogP contribution in [0.5, 0.6) is 5.75 Å². The van der Waals surface area contributed by atoms with E-state index in [1.807, 2.05) is 42.8 Å². The van der Waals surface area contributed by atoms with Gasteiger partial charge in [-0.05, 0) is 26.0 Å². The van der Waals surface area contributed by atoms with Crippen LogP contribution in [0.15, 0.2) is 30.6 Å². The molecule has 0 fully saturated rings. The van der Waals surface area contributed by atoms with Gasteiger partial charge in [0.15, 0.2) is 5.82 Å². The maximum absolute atomic E-state index is 5.69. The topological polar surface area (TPSA) is 66.0 Å². The average molecular weight is 276 g/mol. The van der Waals surface area contributed by atoms with Crippen LogP contribution in [-0.4, -0.2) is 19.8 Å². The lowest BCUT2D eigenvalue weighted by atomic mass is 10.2. The van der Waals surface area contributed by atoms with Crippen LogP contribution >= 0.6 is 12.2 Å². The molecule has 1 aromatic heterocycles. The normalized spacial score (nSPS) is 10.7. The zero-order chi connectivity index (χ0) is 13.8. The highest BCUT2D eigenvalue weighted by molar-refractivity contribution is 7.80. The van der Waals surface area contributed by atoms with E-state index in [-0.39, 0.29) is 6.04 Å². The summed E-state index contributed by atoms with van der Waals surface area (Å²) >= 11 is 4.94. The number of aromatic nitrogens is 3. The molecule has 0 bridgehead atoms. The monoisotopic (exact) mass is 276 g/mol. The summed E-state index contributed by atoms with van der Waals surface area (Å²) in [6.45, 7) is 4.45. The van der Waals surface area contributed by atoms with Gasteiger partial charge in [-0.2, -0.15) is 5.10 Å². The number of hydrogen-bond donors (Lipinski definition) is 1. The number of thiocarbonyl (C=S) groups is 1. The molecule has 1 aromatic carbocycles. The van der Waals surface area contributed by atoms with Crippen molar-refractivity contribution in [3.63, 3.8) is 0 Å². The van der Waals surface area contributed by atoms with Crippen LogP contribution in [0.1, 0.15) is 31.3 Å². The Morgan fingerprint density at radius 2 is 2.26 bits per heavy atom. The summed E-state index contributed by atoms with van der Waals surface area (Å²) < 4.78 is 7.52. The minimum absolute atomic E-state index is 0.254. The molecule has 6 heteroatoms. The molecule has 1 heterocycles. The molecular weight excluding hydrogens is 260 g/mol. The standard InChI is InChI=1S/C13H16N4OS/c1-9(2)17-12(15-8-16-17)7-18-11-5-3-4-10(6-11)13(14)19/h3-6,8-9H,7H2,1-2H3,(H2,14,19). The fourth-order valence-corrected chi connectivity index (χ4v) is 1.82. The highest BCUT2D eigenvalue weighted by Gasteiger charge is 2.08. The summed E-state index contributed by atoms with van der Waals surface area (Å²) in [5.41, 5.74) is 6.38. The van der Waals surface area contributed by atoms with E-state index in [0.29, 0.717) is 17.3 Å². The number of nitrogens with zero attached hydrogens (tertiary/aromatic N) is 3. The van der Waals surface area contributed by atoms with E-state index in [1.54, 1.807) is 0 Å². The molecule has 0 atom stereocenters. The van der Waals surface area contributed by atoms with Gasteiger partial charge in [-0.3, -0.25) is 0 Å². The van der Waals surface area contributed by atoms with Gasteiger partial charge in [-0.25, -0.2) is 9.67 Å². The van der Waals surface area contributed by atoms with Crippen LogP contribution in [0.3, 0.4) is 0 Å². The predicted molar refractivity (Wildman–Crippen MR) is 77.1 cm³/mol. The second kappa shape index (κ2) is 5.79. The fourth-order valence-electron chi connectivity index (χ4n) is 1.70. The number of nitrogens with two attached hydrogens (primary N) is 1. The van der Waals surface area contributed by atoms with Crippen molar-refractivity contribution in [2.45, 2.75) is 26.5 Å². The molecular formula is C13H16N4OS. The number of hydrogen-bond acceptors (Lipinski definition) is 4. The molecule has 0 amide bonds. The van der Waals surface area contributed by atoms with Gasteiger partial charge in [0.2, 0.25) is 0 Å². The lowest BCUT2D eigenvalue weighted by molar-refractivity contribution is 0.282. The van der Waals surface area contributed by atoms with Gasteiger partial charge in [0.1, 0.15) is 23.7 Å². The quantitative estimate of drug-likeness (QED) is 0.847. The first-order chi connectivity index (χ1) is 9.08. The molecule has 0 spiro atoms. The molecule has 2 N–H and O–H groups in total. The summed E-state index contributed by atoms with van der Waals surface area (Å²) in [5.74, 6) is 1.50. The van der Waals surface area contributed by atoms with Gasteiger partial charge in [0.05, 0.1) is 0 Å². The molecule has 0 radical (unpaired) electrons. The predicted octanol–water partition coefficient (Wildman–Crippen LogP) is 2.07.